The zero-order valence-corrected chi connectivity index (χ0v) is 11.9. The average Bonchev–Trinajstić information content (AvgIpc) is 2.87. The molecule has 0 fully saturated rings. The van der Waals surface area contributed by atoms with Crippen LogP contribution >= 0.6 is 0 Å². The highest BCUT2D eigenvalue weighted by atomic mass is 16.5. The molecular formula is C13H17N5O3. The van der Waals surface area contributed by atoms with Crippen LogP contribution in [-0.4, -0.2) is 43.7 Å². The monoisotopic (exact) mass is 291 g/mol. The number of aromatic nitrogens is 4. The minimum Gasteiger partial charge on any atom is -0.478 e. The summed E-state index contributed by atoms with van der Waals surface area (Å²) in [5.41, 5.74) is 0.840. The molecule has 0 saturated carbocycles. The van der Waals surface area contributed by atoms with Gasteiger partial charge in [0.05, 0.1) is 12.9 Å². The number of aryl methyl sites for hydroxylation is 1. The molecule has 0 atom stereocenters. The Labute approximate surface area is 121 Å². The normalized spacial score (nSPS) is 10.4. The summed E-state index contributed by atoms with van der Waals surface area (Å²) >= 11 is 0. The highest BCUT2D eigenvalue weighted by Crippen LogP contribution is 2.11. The second-order valence-corrected chi connectivity index (χ2v) is 4.33. The van der Waals surface area contributed by atoms with Gasteiger partial charge in [0.2, 0.25) is 11.8 Å². The number of rotatable bonds is 7. The van der Waals surface area contributed by atoms with Gasteiger partial charge in [0.15, 0.2) is 5.69 Å². The fourth-order valence-corrected chi connectivity index (χ4v) is 1.73. The zero-order valence-electron chi connectivity index (χ0n) is 11.9. The van der Waals surface area contributed by atoms with Crippen LogP contribution in [0.15, 0.2) is 18.6 Å². The summed E-state index contributed by atoms with van der Waals surface area (Å²) < 4.78 is 7.04. The van der Waals surface area contributed by atoms with Crippen LogP contribution in [0.25, 0.3) is 0 Å². The lowest BCUT2D eigenvalue weighted by molar-refractivity contribution is 0.0691. The molecule has 0 radical (unpaired) electrons. The van der Waals surface area contributed by atoms with Gasteiger partial charge in [-0.2, -0.15) is 4.98 Å². The molecule has 21 heavy (non-hydrogen) atoms. The average molecular weight is 291 g/mol. The molecule has 0 aliphatic heterocycles. The molecule has 0 aliphatic carbocycles. The van der Waals surface area contributed by atoms with Gasteiger partial charge in [-0.05, 0) is 13.8 Å². The number of carboxylic acid groups (broad SMARTS) is 1. The zero-order chi connectivity index (χ0) is 15.2. The Balaban J connectivity index is 1.91. The van der Waals surface area contributed by atoms with Crippen LogP contribution in [0.3, 0.4) is 0 Å². The van der Waals surface area contributed by atoms with E-state index in [-0.39, 0.29) is 5.69 Å². The number of carbonyl (C=O) groups is 1. The summed E-state index contributed by atoms with van der Waals surface area (Å²) in [7, 11) is 0. The molecule has 2 heterocycles. The molecule has 2 rings (SSSR count). The Kier molecular flexibility index (Phi) is 4.70. The van der Waals surface area contributed by atoms with Crippen LogP contribution in [0.5, 0.6) is 5.88 Å². The van der Waals surface area contributed by atoms with Crippen LogP contribution in [0.4, 0.5) is 5.95 Å². The Morgan fingerprint density at radius 1 is 1.48 bits per heavy atom. The molecule has 0 saturated heterocycles. The van der Waals surface area contributed by atoms with Crippen molar-refractivity contribution >= 4 is 11.9 Å². The Bertz CT molecular complexity index is 626. The van der Waals surface area contributed by atoms with Crippen molar-refractivity contribution in [2.24, 2.45) is 0 Å². The van der Waals surface area contributed by atoms with Crippen LogP contribution in [0.2, 0.25) is 0 Å². The van der Waals surface area contributed by atoms with E-state index < -0.39 is 5.97 Å². The number of hydrogen-bond acceptors (Lipinski definition) is 6. The first-order valence-corrected chi connectivity index (χ1v) is 6.56. The second kappa shape index (κ2) is 6.69. The van der Waals surface area contributed by atoms with Crippen molar-refractivity contribution in [2.75, 3.05) is 18.5 Å². The maximum Gasteiger partial charge on any atom is 0.356 e. The third kappa shape index (κ3) is 4.16. The van der Waals surface area contributed by atoms with E-state index >= 15 is 0 Å². The van der Waals surface area contributed by atoms with E-state index in [9.17, 15) is 4.79 Å². The molecule has 0 spiro atoms. The van der Waals surface area contributed by atoms with E-state index in [0.717, 1.165) is 5.69 Å². The highest BCUT2D eigenvalue weighted by molar-refractivity contribution is 5.84. The molecule has 0 unspecified atom stereocenters. The van der Waals surface area contributed by atoms with E-state index in [1.807, 2.05) is 13.8 Å². The standard InChI is InChI=1S/C13H17N5O3/c1-3-21-11-6-9(2)16-13(17-11)14-4-5-18-7-10(12(19)20)15-8-18/h6-8H,3-5H2,1-2H3,(H,19,20)(H,14,16,17). The number of anilines is 1. The molecule has 2 N–H and O–H groups in total. The smallest absolute Gasteiger partial charge is 0.356 e. The van der Waals surface area contributed by atoms with Gasteiger partial charge in [0.25, 0.3) is 0 Å². The molecule has 2 aromatic rings. The maximum absolute atomic E-state index is 10.7. The molecule has 0 amide bonds. The van der Waals surface area contributed by atoms with Crippen molar-refractivity contribution in [3.63, 3.8) is 0 Å². The predicted molar refractivity (Wildman–Crippen MR) is 75.6 cm³/mol. The first kappa shape index (κ1) is 14.8. The quantitative estimate of drug-likeness (QED) is 0.789. The molecule has 112 valence electrons. The van der Waals surface area contributed by atoms with Crippen molar-refractivity contribution in [1.29, 1.82) is 0 Å². The third-order valence-electron chi connectivity index (χ3n) is 2.63. The number of nitrogens with zero attached hydrogens (tertiary/aromatic N) is 4. The third-order valence-corrected chi connectivity index (χ3v) is 2.63. The van der Waals surface area contributed by atoms with E-state index in [4.69, 9.17) is 9.84 Å². The fraction of sp³-hybridized carbons (Fsp3) is 0.385. The van der Waals surface area contributed by atoms with Gasteiger partial charge in [0.1, 0.15) is 0 Å². The van der Waals surface area contributed by atoms with Crippen molar-refractivity contribution < 1.29 is 14.6 Å². The van der Waals surface area contributed by atoms with Crippen LogP contribution in [0.1, 0.15) is 23.1 Å². The number of hydrogen-bond donors (Lipinski definition) is 2. The van der Waals surface area contributed by atoms with E-state index in [0.29, 0.717) is 31.5 Å². The van der Waals surface area contributed by atoms with E-state index in [2.05, 4.69) is 20.3 Å². The molecule has 0 aromatic carbocycles. The summed E-state index contributed by atoms with van der Waals surface area (Å²) in [5, 5.41) is 11.9. The van der Waals surface area contributed by atoms with Gasteiger partial charge in [0, 0.05) is 31.0 Å². The molecular weight excluding hydrogens is 274 g/mol. The lowest BCUT2D eigenvalue weighted by atomic mass is 10.4. The Morgan fingerprint density at radius 3 is 2.95 bits per heavy atom. The number of ether oxygens (including phenoxy) is 1. The van der Waals surface area contributed by atoms with Gasteiger partial charge in [-0.15, -0.1) is 0 Å². The molecule has 8 heteroatoms. The number of carboxylic acids is 1. The highest BCUT2D eigenvalue weighted by Gasteiger charge is 2.06. The largest absolute Gasteiger partial charge is 0.478 e. The van der Waals surface area contributed by atoms with Crippen LogP contribution < -0.4 is 10.1 Å². The summed E-state index contributed by atoms with van der Waals surface area (Å²) in [6, 6.07) is 1.77. The minimum absolute atomic E-state index is 0.0282. The van der Waals surface area contributed by atoms with Gasteiger partial charge in [-0.1, -0.05) is 0 Å². The van der Waals surface area contributed by atoms with E-state index in [1.165, 1.54) is 12.5 Å². The topological polar surface area (TPSA) is 102 Å². The summed E-state index contributed by atoms with van der Waals surface area (Å²) in [4.78, 5) is 23.0. The molecule has 8 nitrogen and oxygen atoms in total. The van der Waals surface area contributed by atoms with Gasteiger partial charge in [-0.3, -0.25) is 0 Å². The van der Waals surface area contributed by atoms with Gasteiger partial charge >= 0.3 is 5.97 Å². The predicted octanol–water partition coefficient (Wildman–Crippen LogP) is 1.19. The summed E-state index contributed by atoms with van der Waals surface area (Å²) in [5.74, 6) is -0.0228. The van der Waals surface area contributed by atoms with Crippen molar-refractivity contribution in [1.82, 2.24) is 19.5 Å². The summed E-state index contributed by atoms with van der Waals surface area (Å²) in [6.45, 7) is 5.41. The Morgan fingerprint density at radius 2 is 2.29 bits per heavy atom. The maximum atomic E-state index is 10.7. The Hall–Kier alpha value is -2.64. The summed E-state index contributed by atoms with van der Waals surface area (Å²) in [6.07, 6.45) is 2.96. The SMILES string of the molecule is CCOc1cc(C)nc(NCCn2cnc(C(=O)O)c2)n1. The lowest BCUT2D eigenvalue weighted by Crippen LogP contribution is -2.12. The van der Waals surface area contributed by atoms with E-state index in [1.54, 1.807) is 10.6 Å². The van der Waals surface area contributed by atoms with Crippen molar-refractivity contribution in [2.45, 2.75) is 20.4 Å². The number of nitrogens with one attached hydrogen (secondary N) is 1. The fourth-order valence-electron chi connectivity index (χ4n) is 1.73. The van der Waals surface area contributed by atoms with Crippen LogP contribution in [-0.2, 0) is 6.54 Å². The molecule has 2 aromatic heterocycles. The lowest BCUT2D eigenvalue weighted by Gasteiger charge is -2.08. The van der Waals surface area contributed by atoms with Crippen molar-refractivity contribution in [3.8, 4) is 5.88 Å². The van der Waals surface area contributed by atoms with Crippen LogP contribution in [0, 0.1) is 6.92 Å². The number of aromatic carboxylic acids is 1. The number of imidazole rings is 1. The second-order valence-electron chi connectivity index (χ2n) is 4.33. The molecule has 0 aliphatic rings. The first-order chi connectivity index (χ1) is 10.1. The molecule has 0 bridgehead atoms. The van der Waals surface area contributed by atoms with Crippen molar-refractivity contribution in [3.05, 3.63) is 30.0 Å². The first-order valence-electron chi connectivity index (χ1n) is 6.56. The minimum atomic E-state index is -1.04. The van der Waals surface area contributed by atoms with Gasteiger partial charge in [-0.25, -0.2) is 14.8 Å². The van der Waals surface area contributed by atoms with Gasteiger partial charge < -0.3 is 19.7 Å².